The van der Waals surface area contributed by atoms with Crippen molar-refractivity contribution in [2.75, 3.05) is 29.0 Å². The van der Waals surface area contributed by atoms with Crippen molar-refractivity contribution in [1.29, 1.82) is 0 Å². The minimum atomic E-state index is -0.604. The second-order valence-electron chi connectivity index (χ2n) is 6.21. The summed E-state index contributed by atoms with van der Waals surface area (Å²) in [6.07, 6.45) is 1.48. The molecule has 1 heterocycles. The zero-order valence-corrected chi connectivity index (χ0v) is 12.7. The van der Waals surface area contributed by atoms with E-state index >= 15 is 0 Å². The molecule has 1 aromatic rings. The Kier molecular flexibility index (Phi) is 4.25. The maximum atomic E-state index is 14.0. The van der Waals surface area contributed by atoms with Crippen LogP contribution < -0.4 is 16.0 Å². The Morgan fingerprint density at radius 1 is 1.33 bits per heavy atom. The normalized spacial score (nSPS) is 15.1. The quantitative estimate of drug-likeness (QED) is 0.821. The molecule has 21 heavy (non-hydrogen) atoms. The lowest BCUT2D eigenvalue weighted by Crippen LogP contribution is -2.27. The van der Waals surface area contributed by atoms with E-state index in [1.165, 1.54) is 6.07 Å². The molecule has 1 fully saturated rings. The molecule has 1 aliphatic heterocycles. The molecule has 0 aromatic heterocycles. The van der Waals surface area contributed by atoms with Gasteiger partial charge in [0.25, 0.3) is 0 Å². The molecule has 116 valence electrons. The number of carbonyl (C=O) groups is 1. The second-order valence-corrected chi connectivity index (χ2v) is 6.21. The fourth-order valence-corrected chi connectivity index (χ4v) is 2.30. The van der Waals surface area contributed by atoms with Gasteiger partial charge in [0.1, 0.15) is 11.4 Å². The van der Waals surface area contributed by atoms with E-state index in [9.17, 15) is 9.18 Å². The van der Waals surface area contributed by atoms with E-state index in [1.54, 1.807) is 26.8 Å². The zero-order valence-electron chi connectivity index (χ0n) is 12.7. The van der Waals surface area contributed by atoms with Crippen molar-refractivity contribution in [2.45, 2.75) is 39.2 Å². The smallest absolute Gasteiger partial charge is 0.412 e. The third kappa shape index (κ3) is 4.00. The number of nitrogen functional groups attached to an aromatic ring is 1. The lowest BCUT2D eigenvalue weighted by Gasteiger charge is -2.22. The molecule has 1 aromatic carbocycles. The molecule has 0 saturated carbocycles. The van der Waals surface area contributed by atoms with E-state index in [4.69, 9.17) is 10.5 Å². The molecule has 6 heteroatoms. The first kappa shape index (κ1) is 15.4. The molecule has 0 atom stereocenters. The summed E-state index contributed by atoms with van der Waals surface area (Å²) in [5.74, 6) is -0.371. The number of halogens is 1. The fourth-order valence-electron chi connectivity index (χ4n) is 2.30. The van der Waals surface area contributed by atoms with Gasteiger partial charge < -0.3 is 15.4 Å². The zero-order chi connectivity index (χ0) is 15.6. The Bertz CT molecular complexity index is 534. The van der Waals surface area contributed by atoms with Crippen molar-refractivity contribution in [2.24, 2.45) is 0 Å². The van der Waals surface area contributed by atoms with Crippen LogP contribution in [0.1, 0.15) is 33.6 Å². The number of ether oxygens (including phenoxy) is 1. The maximum Gasteiger partial charge on any atom is 0.412 e. The van der Waals surface area contributed by atoms with E-state index in [-0.39, 0.29) is 11.5 Å². The first-order valence-corrected chi connectivity index (χ1v) is 7.10. The van der Waals surface area contributed by atoms with Gasteiger partial charge in [0.15, 0.2) is 0 Å². The molecule has 1 amide bonds. The van der Waals surface area contributed by atoms with Gasteiger partial charge in [-0.25, -0.2) is 9.18 Å². The first-order chi connectivity index (χ1) is 9.76. The molecular formula is C15H22FN3O2. The summed E-state index contributed by atoms with van der Waals surface area (Å²) in [7, 11) is 0. The van der Waals surface area contributed by atoms with E-state index in [2.05, 4.69) is 5.32 Å². The number of amides is 1. The summed E-state index contributed by atoms with van der Waals surface area (Å²) in [5.41, 5.74) is 6.19. The highest BCUT2D eigenvalue weighted by Crippen LogP contribution is 2.31. The molecule has 3 N–H and O–H groups in total. The molecule has 0 spiro atoms. The second kappa shape index (κ2) is 5.79. The number of carbonyl (C=O) groups excluding carboxylic acids is 1. The van der Waals surface area contributed by atoms with Gasteiger partial charge in [-0.15, -0.1) is 0 Å². The largest absolute Gasteiger partial charge is 0.444 e. The van der Waals surface area contributed by atoms with E-state index < -0.39 is 11.7 Å². The number of anilines is 3. The highest BCUT2D eigenvalue weighted by atomic mass is 19.1. The molecule has 0 aliphatic carbocycles. The highest BCUT2D eigenvalue weighted by molar-refractivity contribution is 5.90. The predicted octanol–water partition coefficient (Wildman–Crippen LogP) is 3.36. The number of hydrogen-bond donors (Lipinski definition) is 2. The lowest BCUT2D eigenvalue weighted by atomic mass is 10.2. The number of nitrogens with two attached hydrogens (primary N) is 1. The number of benzene rings is 1. The van der Waals surface area contributed by atoms with Gasteiger partial charge in [0.05, 0.1) is 17.1 Å². The van der Waals surface area contributed by atoms with Crippen LogP contribution in [0.15, 0.2) is 12.1 Å². The van der Waals surface area contributed by atoms with E-state index in [1.807, 2.05) is 4.90 Å². The van der Waals surface area contributed by atoms with Crippen LogP contribution in [0.25, 0.3) is 0 Å². The minimum Gasteiger partial charge on any atom is -0.444 e. The van der Waals surface area contributed by atoms with Gasteiger partial charge in [0.2, 0.25) is 0 Å². The number of nitrogens with one attached hydrogen (secondary N) is 1. The van der Waals surface area contributed by atoms with Gasteiger partial charge in [-0.3, -0.25) is 5.32 Å². The van der Waals surface area contributed by atoms with E-state index in [0.29, 0.717) is 11.4 Å². The summed E-state index contributed by atoms with van der Waals surface area (Å²) in [5, 5.41) is 2.58. The van der Waals surface area contributed by atoms with Gasteiger partial charge >= 0.3 is 6.09 Å². The third-order valence-corrected chi connectivity index (χ3v) is 3.20. The van der Waals surface area contributed by atoms with E-state index in [0.717, 1.165) is 25.9 Å². The molecule has 5 nitrogen and oxygen atoms in total. The Morgan fingerprint density at radius 3 is 2.52 bits per heavy atom. The Hall–Kier alpha value is -1.98. The molecule has 1 saturated heterocycles. The van der Waals surface area contributed by atoms with Crippen LogP contribution in [0, 0.1) is 5.82 Å². The van der Waals surface area contributed by atoms with Crippen LogP contribution in [0.5, 0.6) is 0 Å². The average molecular weight is 295 g/mol. The topological polar surface area (TPSA) is 67.6 Å². The summed E-state index contributed by atoms with van der Waals surface area (Å²) < 4.78 is 19.2. The maximum absolute atomic E-state index is 14.0. The molecule has 0 radical (unpaired) electrons. The number of nitrogens with zero attached hydrogens (tertiary/aromatic N) is 1. The monoisotopic (exact) mass is 295 g/mol. The molecule has 0 bridgehead atoms. The molecular weight excluding hydrogens is 273 g/mol. The molecule has 0 unspecified atom stereocenters. The van der Waals surface area contributed by atoms with Crippen molar-refractivity contribution >= 4 is 23.2 Å². The van der Waals surface area contributed by atoms with Crippen LogP contribution in [-0.2, 0) is 4.74 Å². The number of hydrogen-bond acceptors (Lipinski definition) is 4. The van der Waals surface area contributed by atoms with Crippen molar-refractivity contribution in [1.82, 2.24) is 0 Å². The highest BCUT2D eigenvalue weighted by Gasteiger charge is 2.20. The summed E-state index contributed by atoms with van der Waals surface area (Å²) in [6, 6.07) is 2.81. The van der Waals surface area contributed by atoms with Gasteiger partial charge in [-0.2, -0.15) is 0 Å². The fraction of sp³-hybridized carbons (Fsp3) is 0.533. The van der Waals surface area contributed by atoms with Crippen LogP contribution >= 0.6 is 0 Å². The van der Waals surface area contributed by atoms with Crippen LogP contribution in [-0.4, -0.2) is 24.8 Å². The van der Waals surface area contributed by atoms with Crippen molar-refractivity contribution < 1.29 is 13.9 Å². The van der Waals surface area contributed by atoms with Crippen LogP contribution in [0.2, 0.25) is 0 Å². The van der Waals surface area contributed by atoms with Crippen LogP contribution in [0.4, 0.5) is 26.2 Å². The SMILES string of the molecule is CC(C)(C)OC(=O)Nc1cc(N2CCCC2)c(F)cc1N. The minimum absolute atomic E-state index is 0.182. The van der Waals surface area contributed by atoms with Gasteiger partial charge in [0, 0.05) is 19.2 Å². The van der Waals surface area contributed by atoms with Gasteiger partial charge in [-0.05, 0) is 39.7 Å². The summed E-state index contributed by atoms with van der Waals surface area (Å²) in [4.78, 5) is 13.8. The Balaban J connectivity index is 2.19. The molecule has 1 aliphatic rings. The first-order valence-electron chi connectivity index (χ1n) is 7.10. The van der Waals surface area contributed by atoms with Crippen molar-refractivity contribution in [3.05, 3.63) is 17.9 Å². The van der Waals surface area contributed by atoms with Gasteiger partial charge in [-0.1, -0.05) is 0 Å². The predicted molar refractivity (Wildman–Crippen MR) is 82.1 cm³/mol. The summed E-state index contributed by atoms with van der Waals surface area (Å²) in [6.45, 7) is 6.95. The lowest BCUT2D eigenvalue weighted by molar-refractivity contribution is 0.0636. The van der Waals surface area contributed by atoms with Crippen molar-refractivity contribution in [3.8, 4) is 0 Å². The standard InChI is InChI=1S/C15H22FN3O2/c1-15(2,3)21-14(20)18-12-9-13(10(16)8-11(12)17)19-6-4-5-7-19/h8-9H,4-7,17H2,1-3H3,(H,18,20). The summed E-state index contributed by atoms with van der Waals surface area (Å²) >= 11 is 0. The average Bonchev–Trinajstić information content (AvgIpc) is 2.83. The Morgan fingerprint density at radius 2 is 1.95 bits per heavy atom. The molecule has 2 rings (SSSR count). The third-order valence-electron chi connectivity index (χ3n) is 3.20. The van der Waals surface area contributed by atoms with Crippen molar-refractivity contribution in [3.63, 3.8) is 0 Å². The number of rotatable bonds is 2. The Labute approximate surface area is 124 Å². The van der Waals surface area contributed by atoms with Crippen LogP contribution in [0.3, 0.4) is 0 Å².